The molecule has 1 amide bonds. The highest BCUT2D eigenvalue weighted by Crippen LogP contribution is 2.23. The van der Waals surface area contributed by atoms with Crippen molar-refractivity contribution in [2.24, 2.45) is 5.92 Å². The fourth-order valence-electron chi connectivity index (χ4n) is 2.77. The highest BCUT2D eigenvalue weighted by molar-refractivity contribution is 5.81. The second-order valence-corrected chi connectivity index (χ2v) is 5.63. The lowest BCUT2D eigenvalue weighted by atomic mass is 9.86. The average molecular weight is 260 g/mol. The molecule has 2 atom stereocenters. The van der Waals surface area contributed by atoms with E-state index in [9.17, 15) is 4.79 Å². The summed E-state index contributed by atoms with van der Waals surface area (Å²) in [6, 6.07) is 10.4. The van der Waals surface area contributed by atoms with Gasteiger partial charge in [-0.25, -0.2) is 0 Å². The van der Waals surface area contributed by atoms with Crippen molar-refractivity contribution in [2.75, 3.05) is 18.5 Å². The van der Waals surface area contributed by atoms with E-state index in [-0.39, 0.29) is 5.91 Å². The summed E-state index contributed by atoms with van der Waals surface area (Å²) in [6.45, 7) is 2.66. The summed E-state index contributed by atoms with van der Waals surface area (Å²) in [5, 5.41) is 3.19. The molecule has 0 spiro atoms. The van der Waals surface area contributed by atoms with E-state index in [4.69, 9.17) is 0 Å². The first-order chi connectivity index (χ1) is 9.16. The van der Waals surface area contributed by atoms with Crippen LogP contribution >= 0.6 is 0 Å². The third-order valence-corrected chi connectivity index (χ3v) is 4.04. The molecule has 0 bridgehead atoms. The van der Waals surface area contributed by atoms with Crippen molar-refractivity contribution in [3.63, 3.8) is 0 Å². The number of carbonyl (C=O) groups is 1. The normalized spacial score (nSPS) is 22.8. The number of amides is 1. The summed E-state index contributed by atoms with van der Waals surface area (Å²) >= 11 is 0. The number of para-hydroxylation sites is 1. The largest absolute Gasteiger partial charge is 0.365 e. The molecule has 2 rings (SSSR count). The topological polar surface area (TPSA) is 32.3 Å². The van der Waals surface area contributed by atoms with E-state index < -0.39 is 0 Å². The first-order valence-electron chi connectivity index (χ1n) is 7.22. The Balaban J connectivity index is 1.84. The Hall–Kier alpha value is -1.51. The first-order valence-corrected chi connectivity index (χ1v) is 7.22. The van der Waals surface area contributed by atoms with Gasteiger partial charge in [0, 0.05) is 18.8 Å². The summed E-state index contributed by atoms with van der Waals surface area (Å²) in [7, 11) is 1.96. The van der Waals surface area contributed by atoms with Gasteiger partial charge in [0.15, 0.2) is 0 Å². The van der Waals surface area contributed by atoms with Crippen LogP contribution in [0.25, 0.3) is 0 Å². The molecule has 0 unspecified atom stereocenters. The lowest BCUT2D eigenvalue weighted by Gasteiger charge is -2.30. The molecule has 1 saturated carbocycles. The second kappa shape index (κ2) is 6.60. The molecule has 1 N–H and O–H groups in total. The Labute approximate surface area is 116 Å². The van der Waals surface area contributed by atoms with Crippen LogP contribution in [-0.2, 0) is 4.79 Å². The van der Waals surface area contributed by atoms with Gasteiger partial charge in [-0.05, 0) is 30.9 Å². The summed E-state index contributed by atoms with van der Waals surface area (Å²) < 4.78 is 0. The number of benzene rings is 1. The fraction of sp³-hybridized carbons (Fsp3) is 0.562. The lowest BCUT2D eigenvalue weighted by Crippen LogP contribution is -2.45. The van der Waals surface area contributed by atoms with Crippen LogP contribution in [-0.4, -0.2) is 25.5 Å². The zero-order valence-corrected chi connectivity index (χ0v) is 11.9. The van der Waals surface area contributed by atoms with Gasteiger partial charge in [0.25, 0.3) is 0 Å². The Bertz CT molecular complexity index is 404. The number of anilines is 1. The van der Waals surface area contributed by atoms with Gasteiger partial charge in [-0.2, -0.15) is 0 Å². The van der Waals surface area contributed by atoms with E-state index in [2.05, 4.69) is 12.2 Å². The van der Waals surface area contributed by atoms with E-state index in [0.29, 0.717) is 18.5 Å². The van der Waals surface area contributed by atoms with Gasteiger partial charge in [0.2, 0.25) is 5.91 Å². The molecule has 0 aliphatic heterocycles. The van der Waals surface area contributed by atoms with Crippen molar-refractivity contribution < 1.29 is 4.79 Å². The third-order valence-electron chi connectivity index (χ3n) is 4.04. The summed E-state index contributed by atoms with van der Waals surface area (Å²) in [5.74, 6) is 0.741. The van der Waals surface area contributed by atoms with Gasteiger partial charge in [-0.3, -0.25) is 4.79 Å². The Morgan fingerprint density at radius 3 is 2.63 bits per heavy atom. The maximum atomic E-state index is 12.1. The van der Waals surface area contributed by atoms with Crippen molar-refractivity contribution in [1.29, 1.82) is 0 Å². The Morgan fingerprint density at radius 2 is 1.95 bits per heavy atom. The molecule has 1 aliphatic carbocycles. The van der Waals surface area contributed by atoms with Crippen LogP contribution in [0.3, 0.4) is 0 Å². The minimum absolute atomic E-state index is 0.130. The van der Waals surface area contributed by atoms with Gasteiger partial charge in [0.05, 0.1) is 6.54 Å². The molecule has 104 valence electrons. The van der Waals surface area contributed by atoms with Crippen LogP contribution in [0.1, 0.15) is 32.6 Å². The Kier molecular flexibility index (Phi) is 4.83. The molecule has 3 heteroatoms. The predicted octanol–water partition coefficient (Wildman–Crippen LogP) is 2.82. The monoisotopic (exact) mass is 260 g/mol. The molecule has 3 nitrogen and oxygen atoms in total. The minimum atomic E-state index is 0.130. The molecule has 0 radical (unpaired) electrons. The first kappa shape index (κ1) is 13.9. The molecule has 1 aromatic rings. The molecule has 0 heterocycles. The summed E-state index contributed by atoms with van der Waals surface area (Å²) in [5.41, 5.74) is 1.08. The SMILES string of the molecule is C[C@H]1CCCC[C@H]1NC(=O)CN(C)c1ccccc1. The number of likely N-dealkylation sites (N-methyl/N-ethyl adjacent to an activating group) is 1. The third kappa shape index (κ3) is 3.98. The molecule has 1 fully saturated rings. The molecule has 0 aromatic heterocycles. The zero-order chi connectivity index (χ0) is 13.7. The maximum Gasteiger partial charge on any atom is 0.239 e. The van der Waals surface area contributed by atoms with E-state index >= 15 is 0 Å². The number of nitrogens with one attached hydrogen (secondary N) is 1. The second-order valence-electron chi connectivity index (χ2n) is 5.63. The van der Waals surface area contributed by atoms with Gasteiger partial charge in [0.1, 0.15) is 0 Å². The molecular weight excluding hydrogens is 236 g/mol. The average Bonchev–Trinajstić information content (AvgIpc) is 2.42. The quantitative estimate of drug-likeness (QED) is 0.903. The number of carbonyl (C=O) groups excluding carboxylic acids is 1. The van der Waals surface area contributed by atoms with Crippen LogP contribution in [0.15, 0.2) is 30.3 Å². The van der Waals surface area contributed by atoms with E-state index in [1.807, 2.05) is 42.3 Å². The van der Waals surface area contributed by atoms with Gasteiger partial charge in [-0.15, -0.1) is 0 Å². The van der Waals surface area contributed by atoms with Crippen molar-refractivity contribution in [3.8, 4) is 0 Å². The van der Waals surface area contributed by atoms with Crippen LogP contribution in [0.4, 0.5) is 5.69 Å². The predicted molar refractivity (Wildman–Crippen MR) is 79.3 cm³/mol. The van der Waals surface area contributed by atoms with Crippen LogP contribution in [0.2, 0.25) is 0 Å². The summed E-state index contributed by atoms with van der Waals surface area (Å²) in [6.07, 6.45) is 4.91. The minimum Gasteiger partial charge on any atom is -0.365 e. The van der Waals surface area contributed by atoms with E-state index in [1.54, 1.807) is 0 Å². The van der Waals surface area contributed by atoms with Crippen molar-refractivity contribution in [2.45, 2.75) is 38.6 Å². The van der Waals surface area contributed by atoms with Crippen molar-refractivity contribution >= 4 is 11.6 Å². The molecular formula is C16H24N2O. The molecule has 1 aromatic carbocycles. The highest BCUT2D eigenvalue weighted by Gasteiger charge is 2.22. The number of rotatable bonds is 4. The number of nitrogens with zero attached hydrogens (tertiary/aromatic N) is 1. The van der Waals surface area contributed by atoms with Crippen molar-refractivity contribution in [1.82, 2.24) is 5.32 Å². The fourth-order valence-corrected chi connectivity index (χ4v) is 2.77. The van der Waals surface area contributed by atoms with E-state index in [1.165, 1.54) is 19.3 Å². The highest BCUT2D eigenvalue weighted by atomic mass is 16.2. The lowest BCUT2D eigenvalue weighted by molar-refractivity contribution is -0.121. The number of hydrogen-bond donors (Lipinski definition) is 1. The maximum absolute atomic E-state index is 12.1. The van der Waals surface area contributed by atoms with Gasteiger partial charge in [-0.1, -0.05) is 38.0 Å². The Morgan fingerprint density at radius 1 is 1.26 bits per heavy atom. The van der Waals surface area contributed by atoms with Crippen LogP contribution < -0.4 is 10.2 Å². The molecule has 19 heavy (non-hydrogen) atoms. The summed E-state index contributed by atoms with van der Waals surface area (Å²) in [4.78, 5) is 14.1. The van der Waals surface area contributed by atoms with Crippen LogP contribution in [0.5, 0.6) is 0 Å². The standard InChI is InChI=1S/C16H24N2O/c1-13-8-6-7-11-15(13)17-16(19)12-18(2)14-9-4-3-5-10-14/h3-5,9-10,13,15H,6-8,11-12H2,1-2H3,(H,17,19)/t13-,15+/m0/s1. The van der Waals surface area contributed by atoms with Gasteiger partial charge < -0.3 is 10.2 Å². The molecule has 0 saturated heterocycles. The zero-order valence-electron chi connectivity index (χ0n) is 11.9. The smallest absolute Gasteiger partial charge is 0.239 e. The van der Waals surface area contributed by atoms with Gasteiger partial charge >= 0.3 is 0 Å². The van der Waals surface area contributed by atoms with Crippen molar-refractivity contribution in [3.05, 3.63) is 30.3 Å². The van der Waals surface area contributed by atoms with E-state index in [0.717, 1.165) is 12.1 Å². The van der Waals surface area contributed by atoms with Crippen LogP contribution in [0, 0.1) is 5.92 Å². The number of hydrogen-bond acceptors (Lipinski definition) is 2. The molecule has 1 aliphatic rings.